The SMILES string of the molecule is CN1CCCC(NCCc2ccc(O)cc2)CC1. The first-order chi connectivity index (χ1) is 8.74. The summed E-state index contributed by atoms with van der Waals surface area (Å²) in [7, 11) is 2.21. The molecule has 1 fully saturated rings. The molecule has 1 aliphatic rings. The number of hydrogen-bond acceptors (Lipinski definition) is 3. The maximum absolute atomic E-state index is 9.22. The summed E-state index contributed by atoms with van der Waals surface area (Å²) in [6, 6.07) is 8.19. The lowest BCUT2D eigenvalue weighted by Crippen LogP contribution is -2.31. The van der Waals surface area contributed by atoms with Gasteiger partial charge < -0.3 is 15.3 Å². The van der Waals surface area contributed by atoms with Gasteiger partial charge in [0.2, 0.25) is 0 Å². The van der Waals surface area contributed by atoms with E-state index in [9.17, 15) is 5.11 Å². The lowest BCUT2D eigenvalue weighted by Gasteiger charge is -2.16. The van der Waals surface area contributed by atoms with E-state index < -0.39 is 0 Å². The van der Waals surface area contributed by atoms with Crippen LogP contribution in [0.5, 0.6) is 5.75 Å². The van der Waals surface area contributed by atoms with E-state index in [2.05, 4.69) is 17.3 Å². The number of nitrogens with zero attached hydrogens (tertiary/aromatic N) is 1. The number of phenolic OH excluding ortho intramolecular Hbond substituents is 1. The largest absolute Gasteiger partial charge is 0.508 e. The van der Waals surface area contributed by atoms with Crippen LogP contribution in [-0.4, -0.2) is 42.7 Å². The van der Waals surface area contributed by atoms with Crippen molar-refractivity contribution in [3.8, 4) is 5.75 Å². The molecule has 1 aromatic rings. The van der Waals surface area contributed by atoms with Gasteiger partial charge in [-0.3, -0.25) is 0 Å². The number of aromatic hydroxyl groups is 1. The normalized spacial score (nSPS) is 21.7. The summed E-state index contributed by atoms with van der Waals surface area (Å²) in [4.78, 5) is 2.42. The van der Waals surface area contributed by atoms with Crippen molar-refractivity contribution in [2.75, 3.05) is 26.7 Å². The van der Waals surface area contributed by atoms with Crippen LogP contribution >= 0.6 is 0 Å². The van der Waals surface area contributed by atoms with Crippen molar-refractivity contribution < 1.29 is 5.11 Å². The highest BCUT2D eigenvalue weighted by atomic mass is 16.3. The second-order valence-corrected chi connectivity index (χ2v) is 5.30. The van der Waals surface area contributed by atoms with Crippen LogP contribution in [0.3, 0.4) is 0 Å². The minimum absolute atomic E-state index is 0.346. The van der Waals surface area contributed by atoms with Crippen molar-refractivity contribution in [1.29, 1.82) is 0 Å². The zero-order valence-corrected chi connectivity index (χ0v) is 11.2. The highest BCUT2D eigenvalue weighted by molar-refractivity contribution is 5.25. The summed E-state index contributed by atoms with van der Waals surface area (Å²) < 4.78 is 0. The van der Waals surface area contributed by atoms with E-state index in [0.29, 0.717) is 11.8 Å². The van der Waals surface area contributed by atoms with Crippen molar-refractivity contribution in [3.63, 3.8) is 0 Å². The number of likely N-dealkylation sites (tertiary alicyclic amines) is 1. The molecule has 1 aliphatic heterocycles. The molecule has 100 valence electrons. The van der Waals surface area contributed by atoms with Gasteiger partial charge in [0.15, 0.2) is 0 Å². The molecule has 1 aromatic carbocycles. The van der Waals surface area contributed by atoms with Crippen LogP contribution in [0, 0.1) is 0 Å². The smallest absolute Gasteiger partial charge is 0.115 e. The van der Waals surface area contributed by atoms with Crippen LogP contribution in [0.25, 0.3) is 0 Å². The van der Waals surface area contributed by atoms with Crippen LogP contribution in [0.2, 0.25) is 0 Å². The molecule has 1 unspecified atom stereocenters. The summed E-state index contributed by atoms with van der Waals surface area (Å²) in [6.07, 6.45) is 4.88. The molecule has 0 bridgehead atoms. The van der Waals surface area contributed by atoms with E-state index in [1.807, 2.05) is 12.1 Å². The Labute approximate surface area is 110 Å². The molecule has 18 heavy (non-hydrogen) atoms. The molecule has 0 saturated carbocycles. The Balaban J connectivity index is 1.70. The molecule has 0 amide bonds. The van der Waals surface area contributed by atoms with Crippen LogP contribution in [-0.2, 0) is 6.42 Å². The van der Waals surface area contributed by atoms with Crippen LogP contribution in [0.15, 0.2) is 24.3 Å². The molecule has 3 heteroatoms. The third kappa shape index (κ3) is 4.31. The van der Waals surface area contributed by atoms with Gasteiger partial charge >= 0.3 is 0 Å². The Bertz CT molecular complexity index is 350. The van der Waals surface area contributed by atoms with Gasteiger partial charge in [-0.05, 0) is 70.1 Å². The average molecular weight is 248 g/mol. The van der Waals surface area contributed by atoms with Crippen molar-refractivity contribution >= 4 is 0 Å². The number of nitrogens with one attached hydrogen (secondary N) is 1. The molecule has 2 rings (SSSR count). The zero-order chi connectivity index (χ0) is 12.8. The average Bonchev–Trinajstić information content (AvgIpc) is 2.57. The lowest BCUT2D eigenvalue weighted by molar-refractivity contribution is 0.344. The van der Waals surface area contributed by atoms with E-state index in [4.69, 9.17) is 0 Å². The van der Waals surface area contributed by atoms with E-state index in [0.717, 1.165) is 13.0 Å². The Hall–Kier alpha value is -1.06. The zero-order valence-electron chi connectivity index (χ0n) is 11.2. The number of rotatable bonds is 4. The molecule has 0 spiro atoms. The quantitative estimate of drug-likeness (QED) is 0.855. The monoisotopic (exact) mass is 248 g/mol. The summed E-state index contributed by atoms with van der Waals surface area (Å²) in [5.74, 6) is 0.346. The maximum atomic E-state index is 9.22. The van der Waals surface area contributed by atoms with Crippen molar-refractivity contribution in [1.82, 2.24) is 10.2 Å². The topological polar surface area (TPSA) is 35.5 Å². The fraction of sp³-hybridized carbons (Fsp3) is 0.600. The van der Waals surface area contributed by atoms with Gasteiger partial charge in [-0.1, -0.05) is 12.1 Å². The summed E-state index contributed by atoms with van der Waals surface area (Å²) >= 11 is 0. The van der Waals surface area contributed by atoms with Gasteiger partial charge in [-0.25, -0.2) is 0 Å². The van der Waals surface area contributed by atoms with Gasteiger partial charge in [0.05, 0.1) is 0 Å². The highest BCUT2D eigenvalue weighted by Crippen LogP contribution is 2.11. The molecule has 1 heterocycles. The van der Waals surface area contributed by atoms with Gasteiger partial charge in [-0.15, -0.1) is 0 Å². The lowest BCUT2D eigenvalue weighted by atomic mass is 10.1. The minimum atomic E-state index is 0.346. The van der Waals surface area contributed by atoms with Crippen LogP contribution in [0.4, 0.5) is 0 Å². The van der Waals surface area contributed by atoms with Crippen molar-refractivity contribution in [2.24, 2.45) is 0 Å². The molecular formula is C15H24N2O. The molecule has 0 aliphatic carbocycles. The van der Waals surface area contributed by atoms with Crippen molar-refractivity contribution in [2.45, 2.75) is 31.7 Å². The summed E-state index contributed by atoms with van der Waals surface area (Å²) in [5, 5.41) is 12.9. The van der Waals surface area contributed by atoms with Crippen LogP contribution in [0.1, 0.15) is 24.8 Å². The number of phenols is 1. The first kappa shape index (κ1) is 13.4. The Morgan fingerprint density at radius 3 is 2.78 bits per heavy atom. The third-order valence-electron chi connectivity index (χ3n) is 3.73. The summed E-state index contributed by atoms with van der Waals surface area (Å²) in [6.45, 7) is 3.46. The van der Waals surface area contributed by atoms with E-state index in [-0.39, 0.29) is 0 Å². The maximum Gasteiger partial charge on any atom is 0.115 e. The standard InChI is InChI=1S/C15H24N2O/c1-17-11-2-3-14(9-12-17)16-10-8-13-4-6-15(18)7-5-13/h4-7,14,16,18H,2-3,8-12H2,1H3. The Morgan fingerprint density at radius 2 is 2.00 bits per heavy atom. The highest BCUT2D eigenvalue weighted by Gasteiger charge is 2.13. The third-order valence-corrected chi connectivity index (χ3v) is 3.73. The van der Waals surface area contributed by atoms with E-state index >= 15 is 0 Å². The first-order valence-corrected chi connectivity index (χ1v) is 6.94. The predicted octanol–water partition coefficient (Wildman–Crippen LogP) is 2.01. The summed E-state index contributed by atoms with van der Waals surface area (Å²) in [5.41, 5.74) is 1.28. The molecular weight excluding hydrogens is 224 g/mol. The van der Waals surface area contributed by atoms with Gasteiger partial charge in [-0.2, -0.15) is 0 Å². The molecule has 3 nitrogen and oxygen atoms in total. The van der Waals surface area contributed by atoms with E-state index in [1.165, 1.54) is 37.9 Å². The molecule has 0 radical (unpaired) electrons. The van der Waals surface area contributed by atoms with Gasteiger partial charge in [0.25, 0.3) is 0 Å². The fourth-order valence-electron chi connectivity index (χ4n) is 2.53. The first-order valence-electron chi connectivity index (χ1n) is 6.94. The van der Waals surface area contributed by atoms with Gasteiger partial charge in [0.1, 0.15) is 5.75 Å². The van der Waals surface area contributed by atoms with Crippen molar-refractivity contribution in [3.05, 3.63) is 29.8 Å². The van der Waals surface area contributed by atoms with E-state index in [1.54, 1.807) is 12.1 Å². The van der Waals surface area contributed by atoms with Gasteiger partial charge in [0, 0.05) is 6.04 Å². The predicted molar refractivity (Wildman–Crippen MR) is 74.9 cm³/mol. The van der Waals surface area contributed by atoms with Crippen LogP contribution < -0.4 is 5.32 Å². The Morgan fingerprint density at radius 1 is 1.22 bits per heavy atom. The second kappa shape index (κ2) is 6.76. The Kier molecular flexibility index (Phi) is 5.02. The molecule has 0 aromatic heterocycles. The number of hydrogen-bond donors (Lipinski definition) is 2. The fourth-order valence-corrected chi connectivity index (χ4v) is 2.53. The molecule has 1 atom stereocenters. The molecule has 2 N–H and O–H groups in total. The minimum Gasteiger partial charge on any atom is -0.508 e. The number of benzene rings is 1. The second-order valence-electron chi connectivity index (χ2n) is 5.30. The molecule has 1 saturated heterocycles.